The zero-order valence-electron chi connectivity index (χ0n) is 14.7. The average molecular weight is 386 g/mol. The highest BCUT2D eigenvalue weighted by Gasteiger charge is 2.17. The van der Waals surface area contributed by atoms with Crippen LogP contribution in [0.2, 0.25) is 5.02 Å². The molecule has 0 aliphatic carbocycles. The van der Waals surface area contributed by atoms with E-state index in [-0.39, 0.29) is 11.6 Å². The number of aromatic nitrogens is 8. The van der Waals surface area contributed by atoms with Crippen molar-refractivity contribution in [2.24, 2.45) is 0 Å². The summed E-state index contributed by atoms with van der Waals surface area (Å²) in [6, 6.07) is 1.70. The molecule has 0 aliphatic heterocycles. The van der Waals surface area contributed by atoms with E-state index in [2.05, 4.69) is 30.6 Å². The van der Waals surface area contributed by atoms with Crippen LogP contribution in [0.1, 0.15) is 28.8 Å². The lowest BCUT2D eigenvalue weighted by atomic mass is 10.3. The van der Waals surface area contributed by atoms with Crippen LogP contribution >= 0.6 is 11.6 Å². The molecule has 0 saturated carbocycles. The lowest BCUT2D eigenvalue weighted by molar-refractivity contribution is 0.101. The van der Waals surface area contributed by atoms with Crippen molar-refractivity contribution in [3.63, 3.8) is 0 Å². The van der Waals surface area contributed by atoms with E-state index in [0.717, 1.165) is 17.8 Å². The molecule has 0 aromatic carbocycles. The highest BCUT2D eigenvalue weighted by molar-refractivity contribution is 6.33. The van der Waals surface area contributed by atoms with Gasteiger partial charge in [0.1, 0.15) is 5.02 Å². The van der Waals surface area contributed by atoms with E-state index in [9.17, 15) is 4.79 Å². The third-order valence-corrected chi connectivity index (χ3v) is 4.25. The van der Waals surface area contributed by atoms with E-state index in [4.69, 9.17) is 11.6 Å². The molecule has 0 unspecified atom stereocenters. The second-order valence-electron chi connectivity index (χ2n) is 5.87. The Morgan fingerprint density at radius 3 is 2.81 bits per heavy atom. The molecule has 0 bridgehead atoms. The minimum Gasteiger partial charge on any atom is -0.301 e. The van der Waals surface area contributed by atoms with Crippen molar-refractivity contribution in [1.82, 2.24) is 39.1 Å². The van der Waals surface area contributed by atoms with Crippen molar-refractivity contribution in [1.29, 1.82) is 0 Å². The predicted octanol–water partition coefficient (Wildman–Crippen LogP) is 1.80. The number of carbonyl (C=O) groups excluding carboxylic acids is 1. The fourth-order valence-electron chi connectivity index (χ4n) is 2.61. The van der Waals surface area contributed by atoms with Gasteiger partial charge in [-0.2, -0.15) is 15.2 Å². The van der Waals surface area contributed by atoms with E-state index in [1.807, 2.05) is 24.7 Å². The van der Waals surface area contributed by atoms with Gasteiger partial charge in [-0.25, -0.2) is 9.50 Å². The molecule has 0 atom stereocenters. The van der Waals surface area contributed by atoms with Crippen molar-refractivity contribution in [2.45, 2.75) is 26.9 Å². The summed E-state index contributed by atoms with van der Waals surface area (Å²) >= 11 is 6.22. The number of halogens is 1. The fourth-order valence-corrected chi connectivity index (χ4v) is 2.80. The highest BCUT2D eigenvalue weighted by atomic mass is 35.5. The van der Waals surface area contributed by atoms with Gasteiger partial charge in [0.2, 0.25) is 5.82 Å². The molecule has 4 aromatic heterocycles. The molecule has 1 N–H and O–H groups in total. The van der Waals surface area contributed by atoms with Crippen LogP contribution in [0.15, 0.2) is 30.9 Å². The van der Waals surface area contributed by atoms with Gasteiger partial charge in [0.15, 0.2) is 5.82 Å². The summed E-state index contributed by atoms with van der Waals surface area (Å²) < 4.78 is 4.94. The Morgan fingerprint density at radius 2 is 2.07 bits per heavy atom. The third kappa shape index (κ3) is 3.38. The van der Waals surface area contributed by atoms with Crippen molar-refractivity contribution >= 4 is 29.1 Å². The van der Waals surface area contributed by atoms with Gasteiger partial charge in [0, 0.05) is 36.9 Å². The van der Waals surface area contributed by atoms with E-state index in [0.29, 0.717) is 17.3 Å². The number of rotatable bonds is 5. The topological polar surface area (TPSA) is 108 Å². The maximum atomic E-state index is 12.4. The number of hydrogen-bond acceptors (Lipinski definition) is 6. The van der Waals surface area contributed by atoms with E-state index in [1.54, 1.807) is 29.3 Å². The van der Waals surface area contributed by atoms with Gasteiger partial charge in [0.05, 0.1) is 12.2 Å². The first-order valence-electron chi connectivity index (χ1n) is 8.28. The fraction of sp³-hybridized carbons (Fsp3) is 0.250. The van der Waals surface area contributed by atoms with Crippen LogP contribution in [0.4, 0.5) is 5.82 Å². The Balaban J connectivity index is 1.52. The van der Waals surface area contributed by atoms with Crippen molar-refractivity contribution in [3.8, 4) is 0 Å². The summed E-state index contributed by atoms with van der Waals surface area (Å²) in [5.41, 5.74) is 1.96. The molecule has 0 spiro atoms. The summed E-state index contributed by atoms with van der Waals surface area (Å²) in [5, 5.41) is 15.8. The third-order valence-electron chi connectivity index (χ3n) is 3.97. The smallest absolute Gasteiger partial charge is 0.296 e. The summed E-state index contributed by atoms with van der Waals surface area (Å²) in [7, 11) is 0. The standard InChI is InChI=1S/C16H16ClN9O/c1-3-24-7-11(10(2)21-24)8-25-9-12(17)13(22-25)19-15(27)14-20-16-18-5-4-6-26(16)23-14/h4-7,9H,3,8H2,1-2H3,(H,19,22,27). The SMILES string of the molecule is CCn1cc(Cn2cc(Cl)c(NC(=O)c3nc4ncccn4n3)n2)c(C)n1. The normalized spacial score (nSPS) is 11.2. The van der Waals surface area contributed by atoms with Gasteiger partial charge in [0.25, 0.3) is 11.7 Å². The molecule has 1 amide bonds. The lowest BCUT2D eigenvalue weighted by Crippen LogP contribution is -2.15. The van der Waals surface area contributed by atoms with Crippen LogP contribution in [0.3, 0.4) is 0 Å². The van der Waals surface area contributed by atoms with Gasteiger partial charge >= 0.3 is 0 Å². The van der Waals surface area contributed by atoms with Crippen LogP contribution in [0.25, 0.3) is 5.78 Å². The molecule has 0 saturated heterocycles. The van der Waals surface area contributed by atoms with E-state index >= 15 is 0 Å². The number of aryl methyl sites for hydroxylation is 2. The second kappa shape index (κ2) is 6.80. The Bertz CT molecular complexity index is 1090. The number of fused-ring (bicyclic) bond motifs is 1. The molecular formula is C16H16ClN9O. The van der Waals surface area contributed by atoms with Crippen LogP contribution in [0.5, 0.6) is 0 Å². The number of anilines is 1. The quantitative estimate of drug-likeness (QED) is 0.561. The minimum absolute atomic E-state index is 0.0145. The maximum Gasteiger partial charge on any atom is 0.296 e. The molecule has 0 aliphatic rings. The molecule has 138 valence electrons. The molecule has 11 heteroatoms. The summed E-state index contributed by atoms with van der Waals surface area (Å²) in [6.07, 6.45) is 6.86. The number of nitrogens with one attached hydrogen (secondary N) is 1. The maximum absolute atomic E-state index is 12.4. The molecule has 4 rings (SSSR count). The van der Waals surface area contributed by atoms with Gasteiger partial charge < -0.3 is 5.32 Å². The van der Waals surface area contributed by atoms with Crippen LogP contribution in [-0.2, 0) is 13.1 Å². The van der Waals surface area contributed by atoms with E-state index in [1.165, 1.54) is 4.52 Å². The number of amides is 1. The molecule has 0 radical (unpaired) electrons. The summed E-state index contributed by atoms with van der Waals surface area (Å²) in [4.78, 5) is 20.5. The average Bonchev–Trinajstić information content (AvgIpc) is 3.33. The molecule has 4 heterocycles. The first-order chi connectivity index (χ1) is 13.0. The number of carbonyl (C=O) groups is 1. The summed E-state index contributed by atoms with van der Waals surface area (Å²) in [5.74, 6) is 0.0544. The van der Waals surface area contributed by atoms with Gasteiger partial charge in [-0.05, 0) is 19.9 Å². The molecule has 0 fully saturated rings. The first-order valence-corrected chi connectivity index (χ1v) is 8.66. The summed E-state index contributed by atoms with van der Waals surface area (Å²) in [6.45, 7) is 5.26. The Kier molecular flexibility index (Phi) is 4.32. The van der Waals surface area contributed by atoms with Crippen LogP contribution < -0.4 is 5.32 Å². The van der Waals surface area contributed by atoms with Gasteiger partial charge in [-0.3, -0.25) is 14.2 Å². The van der Waals surface area contributed by atoms with Crippen LogP contribution in [-0.4, -0.2) is 45.1 Å². The van der Waals surface area contributed by atoms with Crippen LogP contribution in [0, 0.1) is 6.92 Å². The molecule has 27 heavy (non-hydrogen) atoms. The minimum atomic E-state index is -0.511. The Morgan fingerprint density at radius 1 is 1.22 bits per heavy atom. The van der Waals surface area contributed by atoms with Crippen molar-refractivity contribution in [2.75, 3.05) is 5.32 Å². The largest absolute Gasteiger partial charge is 0.301 e. The lowest BCUT2D eigenvalue weighted by Gasteiger charge is -2.00. The first kappa shape index (κ1) is 17.2. The Hall–Kier alpha value is -3.27. The predicted molar refractivity (Wildman–Crippen MR) is 97.7 cm³/mol. The zero-order valence-corrected chi connectivity index (χ0v) is 15.4. The second-order valence-corrected chi connectivity index (χ2v) is 6.28. The van der Waals surface area contributed by atoms with Gasteiger partial charge in [-0.1, -0.05) is 11.6 Å². The molecular weight excluding hydrogens is 370 g/mol. The van der Waals surface area contributed by atoms with Crippen molar-refractivity contribution in [3.05, 3.63) is 53.0 Å². The van der Waals surface area contributed by atoms with Crippen molar-refractivity contribution < 1.29 is 4.79 Å². The monoisotopic (exact) mass is 385 g/mol. The highest BCUT2D eigenvalue weighted by Crippen LogP contribution is 2.21. The molecule has 10 nitrogen and oxygen atoms in total. The Labute approximate surface area is 158 Å². The number of nitrogens with zero attached hydrogens (tertiary/aromatic N) is 8. The zero-order chi connectivity index (χ0) is 19.0. The number of hydrogen-bond donors (Lipinski definition) is 1. The molecule has 4 aromatic rings. The van der Waals surface area contributed by atoms with Gasteiger partial charge in [-0.15, -0.1) is 5.10 Å². The van der Waals surface area contributed by atoms with E-state index < -0.39 is 5.91 Å².